The summed E-state index contributed by atoms with van der Waals surface area (Å²) >= 11 is 0. The first-order chi connectivity index (χ1) is 17.3. The maximum atomic E-state index is 13.1. The molecule has 1 aromatic rings. The van der Waals surface area contributed by atoms with Crippen LogP contribution in [0.15, 0.2) is 24.3 Å². The minimum Gasteiger partial charge on any atom is -0.491 e. The third kappa shape index (κ3) is 8.69. The van der Waals surface area contributed by atoms with Crippen LogP contribution in [0.25, 0.3) is 0 Å². The molecule has 3 N–H and O–H groups in total. The van der Waals surface area contributed by atoms with Gasteiger partial charge in [0.05, 0.1) is 13.2 Å². The number of hydrogen-bond donors (Lipinski definition) is 3. The number of carbonyl (C=O) groups is 3. The van der Waals surface area contributed by atoms with E-state index >= 15 is 0 Å². The van der Waals surface area contributed by atoms with Crippen LogP contribution in [0, 0.1) is 5.92 Å². The highest BCUT2D eigenvalue weighted by Crippen LogP contribution is 2.28. The molecule has 9 nitrogen and oxygen atoms in total. The van der Waals surface area contributed by atoms with E-state index in [9.17, 15) is 19.5 Å². The average Bonchev–Trinajstić information content (AvgIpc) is 3.09. The van der Waals surface area contributed by atoms with Crippen molar-refractivity contribution >= 4 is 17.9 Å². The molecular weight excluding hydrogens is 462 g/mol. The van der Waals surface area contributed by atoms with Crippen molar-refractivity contribution in [3.63, 3.8) is 0 Å². The molecule has 1 saturated carbocycles. The van der Waals surface area contributed by atoms with Crippen molar-refractivity contribution in [2.45, 2.75) is 89.9 Å². The molecule has 2 aliphatic rings. The van der Waals surface area contributed by atoms with E-state index in [2.05, 4.69) is 10.6 Å². The van der Waals surface area contributed by atoms with Gasteiger partial charge in [-0.1, -0.05) is 57.2 Å². The molecule has 3 amide bonds. The van der Waals surface area contributed by atoms with Gasteiger partial charge < -0.3 is 30.1 Å². The molecule has 200 valence electrons. The molecule has 1 aliphatic carbocycles. The van der Waals surface area contributed by atoms with Gasteiger partial charge >= 0.3 is 6.09 Å². The van der Waals surface area contributed by atoms with Crippen molar-refractivity contribution in [2.75, 3.05) is 19.8 Å². The minimum absolute atomic E-state index is 0.0486. The maximum Gasteiger partial charge on any atom is 0.407 e. The van der Waals surface area contributed by atoms with E-state index in [4.69, 9.17) is 9.47 Å². The number of alkyl carbamates (subject to hydrolysis) is 1. The molecule has 1 heterocycles. The second-order valence-corrected chi connectivity index (χ2v) is 10.1. The van der Waals surface area contributed by atoms with Crippen LogP contribution in [-0.2, 0) is 20.9 Å². The average molecular weight is 504 g/mol. The third-order valence-electron chi connectivity index (χ3n) is 6.86. The zero-order valence-electron chi connectivity index (χ0n) is 21.6. The smallest absolute Gasteiger partial charge is 0.407 e. The van der Waals surface area contributed by atoms with E-state index in [0.29, 0.717) is 38.5 Å². The van der Waals surface area contributed by atoms with Crippen molar-refractivity contribution in [1.29, 1.82) is 0 Å². The second-order valence-electron chi connectivity index (χ2n) is 10.1. The number of fused-ring (bicyclic) bond motifs is 1. The van der Waals surface area contributed by atoms with Gasteiger partial charge in [0.2, 0.25) is 11.8 Å². The van der Waals surface area contributed by atoms with Gasteiger partial charge in [-0.3, -0.25) is 9.59 Å². The van der Waals surface area contributed by atoms with E-state index in [1.54, 1.807) is 4.90 Å². The summed E-state index contributed by atoms with van der Waals surface area (Å²) in [4.78, 5) is 39.9. The highest BCUT2D eigenvalue weighted by molar-refractivity contribution is 5.86. The second kappa shape index (κ2) is 13.5. The van der Waals surface area contributed by atoms with Crippen molar-refractivity contribution in [3.8, 4) is 5.75 Å². The zero-order valence-corrected chi connectivity index (χ0v) is 21.6. The number of benzene rings is 1. The minimum atomic E-state index is -1.60. The normalized spacial score (nSPS) is 18.6. The molecule has 0 radical (unpaired) electrons. The zero-order chi connectivity index (χ0) is 26.0. The van der Waals surface area contributed by atoms with Gasteiger partial charge in [-0.05, 0) is 31.7 Å². The summed E-state index contributed by atoms with van der Waals surface area (Å²) in [7, 11) is 0. The molecule has 3 rings (SSSR count). The van der Waals surface area contributed by atoms with Crippen LogP contribution in [0.1, 0.15) is 77.2 Å². The Kier molecular flexibility index (Phi) is 10.4. The summed E-state index contributed by atoms with van der Waals surface area (Å²) in [5.41, 5.74) is -0.665. The van der Waals surface area contributed by atoms with E-state index in [1.807, 2.05) is 31.2 Å². The number of ether oxygens (including phenoxy) is 2. The first kappa shape index (κ1) is 27.8. The topological polar surface area (TPSA) is 117 Å². The summed E-state index contributed by atoms with van der Waals surface area (Å²) in [5, 5.41) is 16.2. The van der Waals surface area contributed by atoms with Gasteiger partial charge in [0.15, 0.2) is 0 Å². The molecule has 2 atom stereocenters. The molecular formula is C27H41N3O6. The van der Waals surface area contributed by atoms with Crippen LogP contribution in [-0.4, -0.2) is 59.4 Å². The lowest BCUT2D eigenvalue weighted by molar-refractivity contribution is -0.137. The molecule has 0 aromatic heterocycles. The molecule has 1 aliphatic heterocycles. The number of carbonyl (C=O) groups excluding carboxylic acids is 3. The van der Waals surface area contributed by atoms with E-state index in [1.165, 1.54) is 13.3 Å². The quantitative estimate of drug-likeness (QED) is 0.421. The van der Waals surface area contributed by atoms with Crippen LogP contribution in [0.3, 0.4) is 0 Å². The number of nitrogens with zero attached hydrogens (tertiary/aromatic N) is 1. The lowest BCUT2D eigenvalue weighted by atomic mass is 9.84. The fraction of sp³-hybridized carbons (Fsp3) is 0.667. The van der Waals surface area contributed by atoms with Crippen molar-refractivity contribution < 1.29 is 29.0 Å². The van der Waals surface area contributed by atoms with Crippen LogP contribution in [0.2, 0.25) is 0 Å². The monoisotopic (exact) mass is 503 g/mol. The third-order valence-corrected chi connectivity index (χ3v) is 6.86. The summed E-state index contributed by atoms with van der Waals surface area (Å²) in [6, 6.07) is 6.82. The van der Waals surface area contributed by atoms with Gasteiger partial charge in [-0.2, -0.15) is 0 Å². The SMILES string of the molecule is CCCOC(=O)N[C@@H](CC1CCCCC1)C(=O)NC(C)(O)CCC(=O)N1CCOc2ccccc2C1. The summed E-state index contributed by atoms with van der Waals surface area (Å²) in [6.45, 7) is 4.95. The van der Waals surface area contributed by atoms with Crippen molar-refractivity contribution in [1.82, 2.24) is 15.5 Å². The Morgan fingerprint density at radius 3 is 2.72 bits per heavy atom. The Bertz CT molecular complexity index is 884. The molecule has 0 spiro atoms. The Balaban J connectivity index is 1.55. The predicted molar refractivity (Wildman–Crippen MR) is 135 cm³/mol. The summed E-state index contributed by atoms with van der Waals surface area (Å²) in [5.74, 6) is 0.523. The highest BCUT2D eigenvalue weighted by Gasteiger charge is 2.32. The Morgan fingerprint density at radius 1 is 1.22 bits per heavy atom. The number of nitrogens with one attached hydrogen (secondary N) is 2. The molecule has 1 aromatic carbocycles. The van der Waals surface area contributed by atoms with Crippen LogP contribution in [0.5, 0.6) is 5.75 Å². The number of aliphatic hydroxyl groups is 1. The van der Waals surface area contributed by atoms with Crippen molar-refractivity contribution in [3.05, 3.63) is 29.8 Å². The van der Waals surface area contributed by atoms with Gasteiger partial charge in [0.1, 0.15) is 24.1 Å². The lowest BCUT2D eigenvalue weighted by Gasteiger charge is -2.31. The molecule has 36 heavy (non-hydrogen) atoms. The largest absolute Gasteiger partial charge is 0.491 e. The van der Waals surface area contributed by atoms with E-state index in [0.717, 1.165) is 37.0 Å². The molecule has 0 bridgehead atoms. The molecule has 0 saturated heterocycles. The van der Waals surface area contributed by atoms with Crippen LogP contribution < -0.4 is 15.4 Å². The Morgan fingerprint density at radius 2 is 1.97 bits per heavy atom. The van der Waals surface area contributed by atoms with Crippen molar-refractivity contribution in [2.24, 2.45) is 5.92 Å². The number of hydrogen-bond acceptors (Lipinski definition) is 6. The van der Waals surface area contributed by atoms with E-state index < -0.39 is 23.8 Å². The first-order valence-electron chi connectivity index (χ1n) is 13.2. The molecule has 1 unspecified atom stereocenters. The standard InChI is InChI=1S/C27H41N3O6/c1-3-16-36-26(33)28-22(18-20-9-5-4-6-10-20)25(32)29-27(2,34)14-13-24(31)30-15-17-35-23-12-8-7-11-21(23)19-30/h7-8,11-12,20,22,34H,3-6,9-10,13-19H2,1-2H3,(H,28,33)(H,29,32)/t22-,27?/m0/s1. The molecule has 9 heteroatoms. The Labute approximate surface area is 213 Å². The van der Waals surface area contributed by atoms with Gasteiger partial charge in [-0.15, -0.1) is 0 Å². The number of amides is 3. The lowest BCUT2D eigenvalue weighted by Crippen LogP contribution is -2.55. The molecule has 1 fully saturated rings. The van der Waals surface area contributed by atoms with Crippen LogP contribution in [0.4, 0.5) is 4.79 Å². The number of rotatable bonds is 10. The van der Waals surface area contributed by atoms with Gasteiger partial charge in [-0.25, -0.2) is 4.79 Å². The highest BCUT2D eigenvalue weighted by atomic mass is 16.5. The maximum absolute atomic E-state index is 13.1. The van der Waals surface area contributed by atoms with Crippen LogP contribution >= 0.6 is 0 Å². The predicted octanol–water partition coefficient (Wildman–Crippen LogP) is 3.49. The number of para-hydroxylation sites is 1. The van der Waals surface area contributed by atoms with Gasteiger partial charge in [0.25, 0.3) is 0 Å². The first-order valence-corrected chi connectivity index (χ1v) is 13.2. The fourth-order valence-electron chi connectivity index (χ4n) is 4.83. The summed E-state index contributed by atoms with van der Waals surface area (Å²) in [6.07, 6.45) is 6.12. The summed E-state index contributed by atoms with van der Waals surface area (Å²) < 4.78 is 10.8. The fourth-order valence-corrected chi connectivity index (χ4v) is 4.83. The van der Waals surface area contributed by atoms with E-state index in [-0.39, 0.29) is 25.4 Å². The Hall–Kier alpha value is -2.81. The van der Waals surface area contributed by atoms with Gasteiger partial charge in [0, 0.05) is 24.9 Å².